The summed E-state index contributed by atoms with van der Waals surface area (Å²) in [7, 11) is -4.76. The Labute approximate surface area is 74.2 Å². The van der Waals surface area contributed by atoms with Crippen molar-refractivity contribution in [2.24, 2.45) is 0 Å². The van der Waals surface area contributed by atoms with Crippen LogP contribution in [-0.4, -0.2) is 18.0 Å². The maximum atomic E-state index is 12.5. The molecule has 0 saturated carbocycles. The molecule has 0 saturated heterocycles. The van der Waals surface area contributed by atoms with Crippen LogP contribution in [0.15, 0.2) is 11.4 Å². The average Bonchev–Trinajstić information content (AvgIpc) is 2.29. The molecule has 4 nitrogen and oxygen atoms in total. The molecule has 1 rings (SSSR count). The van der Waals surface area contributed by atoms with Gasteiger partial charge in [-0.3, -0.25) is 0 Å². The lowest BCUT2D eigenvalue weighted by atomic mass is 10.7. The van der Waals surface area contributed by atoms with E-state index in [0.29, 0.717) is 6.54 Å². The lowest BCUT2D eigenvalue weighted by molar-refractivity contribution is 0.535. The molecule has 0 fully saturated rings. The largest absolute Gasteiger partial charge is 0.351 e. The van der Waals surface area contributed by atoms with Crippen LogP contribution in [0.25, 0.3) is 0 Å². The number of aryl methyl sites for hydroxylation is 1. The first-order valence-electron chi connectivity index (χ1n) is 3.12. The molecule has 7 heteroatoms. The maximum Gasteiger partial charge on any atom is 0.351 e. The zero-order valence-corrected chi connectivity index (χ0v) is 7.73. The van der Waals surface area contributed by atoms with Crippen LogP contribution in [0.5, 0.6) is 0 Å². The van der Waals surface area contributed by atoms with Gasteiger partial charge >= 0.3 is 10.2 Å². The smallest absolute Gasteiger partial charge is 0.318 e. The molecule has 0 N–H and O–H groups in total. The molecule has 0 atom stereocenters. The number of nitrogens with zero attached hydrogens (tertiary/aromatic N) is 2. The summed E-state index contributed by atoms with van der Waals surface area (Å²) < 4.78 is 34.6. The SMILES string of the molecule is CCn1cnc(Cl)c1S(=O)(=O)F. The van der Waals surface area contributed by atoms with Crippen molar-refractivity contribution in [1.82, 2.24) is 9.55 Å². The van der Waals surface area contributed by atoms with E-state index in [1.165, 1.54) is 6.33 Å². The monoisotopic (exact) mass is 212 g/mol. The van der Waals surface area contributed by atoms with Crippen molar-refractivity contribution in [3.8, 4) is 0 Å². The van der Waals surface area contributed by atoms with Crippen molar-refractivity contribution >= 4 is 21.8 Å². The van der Waals surface area contributed by atoms with Gasteiger partial charge in [0, 0.05) is 6.54 Å². The highest BCUT2D eigenvalue weighted by Crippen LogP contribution is 2.21. The van der Waals surface area contributed by atoms with Crippen LogP contribution >= 0.6 is 11.6 Å². The fourth-order valence-electron chi connectivity index (χ4n) is 0.812. The summed E-state index contributed by atoms with van der Waals surface area (Å²) in [5.41, 5.74) is 0. The van der Waals surface area contributed by atoms with Crippen molar-refractivity contribution < 1.29 is 12.3 Å². The van der Waals surface area contributed by atoms with Gasteiger partial charge < -0.3 is 4.57 Å². The summed E-state index contributed by atoms with van der Waals surface area (Å²) in [5.74, 6) is 0. The van der Waals surface area contributed by atoms with Gasteiger partial charge in [-0.15, -0.1) is 0 Å². The van der Waals surface area contributed by atoms with E-state index in [9.17, 15) is 12.3 Å². The zero-order chi connectivity index (χ0) is 9.35. The van der Waals surface area contributed by atoms with E-state index in [1.807, 2.05) is 0 Å². The van der Waals surface area contributed by atoms with E-state index in [0.717, 1.165) is 4.57 Å². The van der Waals surface area contributed by atoms with Gasteiger partial charge in [0.25, 0.3) is 0 Å². The molecule has 12 heavy (non-hydrogen) atoms. The van der Waals surface area contributed by atoms with E-state index in [-0.39, 0.29) is 5.15 Å². The second-order valence-corrected chi connectivity index (χ2v) is 3.68. The highest BCUT2D eigenvalue weighted by molar-refractivity contribution is 7.86. The summed E-state index contributed by atoms with van der Waals surface area (Å²) in [6, 6.07) is 0. The molecule has 0 radical (unpaired) electrons. The fraction of sp³-hybridized carbons (Fsp3) is 0.400. The third-order valence-electron chi connectivity index (χ3n) is 1.32. The summed E-state index contributed by atoms with van der Waals surface area (Å²) in [6.07, 6.45) is 1.18. The Kier molecular flexibility index (Phi) is 2.39. The Morgan fingerprint density at radius 2 is 2.33 bits per heavy atom. The van der Waals surface area contributed by atoms with Crippen LogP contribution in [0, 0.1) is 0 Å². The maximum absolute atomic E-state index is 12.5. The number of aromatic nitrogens is 2. The Balaban J connectivity index is 3.39. The van der Waals surface area contributed by atoms with Crippen LogP contribution < -0.4 is 0 Å². The second kappa shape index (κ2) is 3.02. The standard InChI is InChI=1S/C5H6ClFN2O2S/c1-2-9-3-8-4(6)5(9)12(7,10)11/h3H,2H2,1H3. The van der Waals surface area contributed by atoms with E-state index in [2.05, 4.69) is 4.98 Å². The predicted molar refractivity (Wildman–Crippen MR) is 41.2 cm³/mol. The fourth-order valence-corrected chi connectivity index (χ4v) is 1.95. The first-order chi connectivity index (χ1) is 5.46. The van der Waals surface area contributed by atoms with Gasteiger partial charge in [0.2, 0.25) is 5.03 Å². The molecule has 1 aromatic heterocycles. The minimum absolute atomic E-state index is 0.304. The van der Waals surface area contributed by atoms with E-state index >= 15 is 0 Å². The molecule has 1 heterocycles. The van der Waals surface area contributed by atoms with Crippen molar-refractivity contribution in [3.63, 3.8) is 0 Å². The first-order valence-corrected chi connectivity index (χ1v) is 4.88. The molecule has 0 aliphatic rings. The summed E-state index contributed by atoms with van der Waals surface area (Å²) >= 11 is 5.36. The van der Waals surface area contributed by atoms with Crippen LogP contribution in [0.4, 0.5) is 3.89 Å². The lowest BCUT2D eigenvalue weighted by Gasteiger charge is -1.98. The van der Waals surface area contributed by atoms with E-state index in [4.69, 9.17) is 11.6 Å². The minimum Gasteiger partial charge on any atom is -0.318 e. The van der Waals surface area contributed by atoms with Crippen LogP contribution in [-0.2, 0) is 16.8 Å². The van der Waals surface area contributed by atoms with Crippen molar-refractivity contribution in [2.45, 2.75) is 18.5 Å². The summed E-state index contributed by atoms with van der Waals surface area (Å²) in [6.45, 7) is 1.96. The highest BCUT2D eigenvalue weighted by atomic mass is 35.5. The van der Waals surface area contributed by atoms with Gasteiger partial charge in [0.1, 0.15) is 0 Å². The molecule has 0 bridgehead atoms. The van der Waals surface area contributed by atoms with Crippen LogP contribution in [0.2, 0.25) is 5.15 Å². The van der Waals surface area contributed by atoms with Gasteiger partial charge in [-0.05, 0) is 6.92 Å². The first kappa shape index (κ1) is 9.47. The number of halogens is 2. The Bertz CT molecular complexity index is 386. The van der Waals surface area contributed by atoms with Crippen molar-refractivity contribution in [2.75, 3.05) is 0 Å². The van der Waals surface area contributed by atoms with Gasteiger partial charge in [-0.1, -0.05) is 15.5 Å². The normalized spacial score (nSPS) is 11.9. The molecular weight excluding hydrogens is 207 g/mol. The summed E-state index contributed by atoms with van der Waals surface area (Å²) in [5, 5.41) is -0.911. The third-order valence-corrected chi connectivity index (χ3v) is 2.60. The quantitative estimate of drug-likeness (QED) is 0.693. The Morgan fingerprint density at radius 3 is 2.67 bits per heavy atom. The predicted octanol–water partition coefficient (Wildman–Crippen LogP) is 1.21. The van der Waals surface area contributed by atoms with Gasteiger partial charge in [0.05, 0.1) is 6.33 Å². The molecule has 0 aliphatic heterocycles. The Morgan fingerprint density at radius 1 is 1.75 bits per heavy atom. The lowest BCUT2D eigenvalue weighted by Crippen LogP contribution is -2.03. The second-order valence-electron chi connectivity index (χ2n) is 2.06. The van der Waals surface area contributed by atoms with Gasteiger partial charge in [0.15, 0.2) is 5.15 Å². The van der Waals surface area contributed by atoms with Gasteiger partial charge in [-0.25, -0.2) is 4.98 Å². The van der Waals surface area contributed by atoms with Gasteiger partial charge in [-0.2, -0.15) is 8.42 Å². The topological polar surface area (TPSA) is 52.0 Å². The number of hydrogen-bond donors (Lipinski definition) is 0. The molecule has 0 spiro atoms. The summed E-state index contributed by atoms with van der Waals surface area (Å²) in [4.78, 5) is 3.46. The zero-order valence-electron chi connectivity index (χ0n) is 6.16. The number of rotatable bonds is 2. The Hall–Kier alpha value is -0.620. The van der Waals surface area contributed by atoms with E-state index in [1.54, 1.807) is 6.92 Å². The highest BCUT2D eigenvalue weighted by Gasteiger charge is 2.22. The van der Waals surface area contributed by atoms with E-state index < -0.39 is 15.2 Å². The molecule has 0 aliphatic carbocycles. The van der Waals surface area contributed by atoms with Crippen LogP contribution in [0.3, 0.4) is 0 Å². The minimum atomic E-state index is -4.76. The van der Waals surface area contributed by atoms with Crippen LogP contribution in [0.1, 0.15) is 6.92 Å². The number of hydrogen-bond acceptors (Lipinski definition) is 3. The molecule has 0 unspecified atom stereocenters. The molecular formula is C5H6ClFN2O2S. The molecule has 0 amide bonds. The number of imidazole rings is 1. The molecule has 1 aromatic rings. The van der Waals surface area contributed by atoms with Crippen molar-refractivity contribution in [1.29, 1.82) is 0 Å². The third kappa shape index (κ3) is 1.59. The molecule has 68 valence electrons. The molecule has 0 aromatic carbocycles. The average molecular weight is 213 g/mol. The van der Waals surface area contributed by atoms with Crippen molar-refractivity contribution in [3.05, 3.63) is 11.5 Å².